The van der Waals surface area contributed by atoms with Crippen LogP contribution in [-0.2, 0) is 14.8 Å². The first-order valence-corrected chi connectivity index (χ1v) is 8.44. The van der Waals surface area contributed by atoms with Crippen molar-refractivity contribution in [3.8, 4) is 0 Å². The Balaban J connectivity index is 2.54. The van der Waals surface area contributed by atoms with Crippen molar-refractivity contribution in [2.75, 3.05) is 46.3 Å². The molecule has 0 atom stereocenters. The number of hydrogen-bond acceptors (Lipinski definition) is 7. The van der Waals surface area contributed by atoms with Crippen molar-refractivity contribution in [3.63, 3.8) is 0 Å². The van der Waals surface area contributed by atoms with Gasteiger partial charge in [0.05, 0.1) is 24.0 Å². The number of likely N-dealkylation sites (N-methyl/N-ethyl adjacent to an activating group) is 1. The third-order valence-electron chi connectivity index (χ3n) is 3.16. The van der Waals surface area contributed by atoms with E-state index >= 15 is 0 Å². The van der Waals surface area contributed by atoms with Gasteiger partial charge in [-0.15, -0.1) is 0 Å². The second-order valence-electron chi connectivity index (χ2n) is 4.75. The standard InChI is InChI=1S/C12H18N4O3S2/c1-15(2)21(17,18)10-6-5-9(16(3)7-8-19-4)11-12(10)14-20-13-11/h5-6H,7-8H2,1-4H3. The molecule has 0 amide bonds. The predicted octanol–water partition coefficient (Wildman–Crippen LogP) is 1.02. The van der Waals surface area contributed by atoms with Crippen LogP contribution in [0.2, 0.25) is 0 Å². The first kappa shape index (κ1) is 16.1. The highest BCUT2D eigenvalue weighted by Crippen LogP contribution is 2.30. The summed E-state index contributed by atoms with van der Waals surface area (Å²) in [6.07, 6.45) is 0. The van der Waals surface area contributed by atoms with Crippen LogP contribution >= 0.6 is 11.7 Å². The Morgan fingerprint density at radius 1 is 1.19 bits per heavy atom. The number of sulfonamides is 1. The maximum Gasteiger partial charge on any atom is 0.244 e. The third-order valence-corrected chi connectivity index (χ3v) is 5.53. The summed E-state index contributed by atoms with van der Waals surface area (Å²) in [5.41, 5.74) is 1.85. The monoisotopic (exact) mass is 330 g/mol. The van der Waals surface area contributed by atoms with Crippen LogP contribution in [0.4, 0.5) is 5.69 Å². The maximum absolute atomic E-state index is 12.3. The number of nitrogens with zero attached hydrogens (tertiary/aromatic N) is 4. The summed E-state index contributed by atoms with van der Waals surface area (Å²) < 4.78 is 39.3. The number of hydrogen-bond donors (Lipinski definition) is 0. The molecular weight excluding hydrogens is 312 g/mol. The van der Waals surface area contributed by atoms with Crippen LogP contribution in [0.5, 0.6) is 0 Å². The summed E-state index contributed by atoms with van der Waals surface area (Å²) in [6, 6.07) is 3.34. The normalized spacial score (nSPS) is 12.2. The van der Waals surface area contributed by atoms with E-state index in [1.165, 1.54) is 18.4 Å². The molecule has 21 heavy (non-hydrogen) atoms. The van der Waals surface area contributed by atoms with Gasteiger partial charge in [-0.05, 0) is 12.1 Å². The molecule has 2 rings (SSSR count). The van der Waals surface area contributed by atoms with E-state index in [-0.39, 0.29) is 4.90 Å². The first-order valence-electron chi connectivity index (χ1n) is 6.27. The van der Waals surface area contributed by atoms with E-state index in [1.807, 2.05) is 11.9 Å². The molecule has 0 spiro atoms. The zero-order chi connectivity index (χ0) is 15.6. The van der Waals surface area contributed by atoms with Crippen molar-refractivity contribution in [2.24, 2.45) is 0 Å². The lowest BCUT2D eigenvalue weighted by atomic mass is 10.2. The second kappa shape index (κ2) is 6.22. The molecule has 0 radical (unpaired) electrons. The first-order chi connectivity index (χ1) is 9.89. The Bertz CT molecular complexity index is 727. The summed E-state index contributed by atoms with van der Waals surface area (Å²) in [6.45, 7) is 1.26. The van der Waals surface area contributed by atoms with Crippen molar-refractivity contribution in [1.29, 1.82) is 0 Å². The minimum atomic E-state index is -3.54. The van der Waals surface area contributed by atoms with Crippen molar-refractivity contribution >= 4 is 38.5 Å². The Labute approximate surface area is 128 Å². The quantitative estimate of drug-likeness (QED) is 0.787. The lowest BCUT2D eigenvalue weighted by Crippen LogP contribution is -2.24. The van der Waals surface area contributed by atoms with Crippen molar-refractivity contribution in [2.45, 2.75) is 4.90 Å². The lowest BCUT2D eigenvalue weighted by Gasteiger charge is -2.20. The van der Waals surface area contributed by atoms with E-state index in [9.17, 15) is 8.42 Å². The van der Waals surface area contributed by atoms with Crippen LogP contribution in [0.15, 0.2) is 17.0 Å². The number of aromatic nitrogens is 2. The topological polar surface area (TPSA) is 75.6 Å². The van der Waals surface area contributed by atoms with Crippen LogP contribution in [0.3, 0.4) is 0 Å². The molecule has 0 bridgehead atoms. The molecule has 0 aliphatic rings. The summed E-state index contributed by atoms with van der Waals surface area (Å²) in [5, 5.41) is 0. The molecule has 0 saturated carbocycles. The maximum atomic E-state index is 12.3. The van der Waals surface area contributed by atoms with Crippen molar-refractivity contribution < 1.29 is 13.2 Å². The number of benzene rings is 1. The fraction of sp³-hybridized carbons (Fsp3) is 0.500. The van der Waals surface area contributed by atoms with Crippen LogP contribution < -0.4 is 4.90 Å². The molecular formula is C12H18N4O3S2. The van der Waals surface area contributed by atoms with Gasteiger partial charge in [0, 0.05) is 34.8 Å². The molecule has 116 valence electrons. The molecule has 1 heterocycles. The van der Waals surface area contributed by atoms with E-state index in [0.29, 0.717) is 24.2 Å². The van der Waals surface area contributed by atoms with Gasteiger partial charge in [0.2, 0.25) is 10.0 Å². The van der Waals surface area contributed by atoms with E-state index < -0.39 is 10.0 Å². The van der Waals surface area contributed by atoms with Crippen LogP contribution in [0.1, 0.15) is 0 Å². The highest BCUT2D eigenvalue weighted by atomic mass is 32.2. The molecule has 9 heteroatoms. The van der Waals surface area contributed by atoms with Crippen LogP contribution in [0.25, 0.3) is 11.0 Å². The van der Waals surface area contributed by atoms with Gasteiger partial charge in [0.15, 0.2) is 0 Å². The summed E-state index contributed by atoms with van der Waals surface area (Å²) >= 11 is 1.01. The smallest absolute Gasteiger partial charge is 0.244 e. The van der Waals surface area contributed by atoms with Gasteiger partial charge in [-0.2, -0.15) is 8.75 Å². The van der Waals surface area contributed by atoms with E-state index in [1.54, 1.807) is 19.2 Å². The van der Waals surface area contributed by atoms with E-state index in [4.69, 9.17) is 4.74 Å². The average Bonchev–Trinajstić information content (AvgIpc) is 2.92. The van der Waals surface area contributed by atoms with Crippen LogP contribution in [-0.4, -0.2) is 62.9 Å². The SMILES string of the molecule is COCCN(C)c1ccc(S(=O)(=O)N(C)C)c2nsnc12. The molecule has 0 fully saturated rings. The highest BCUT2D eigenvalue weighted by molar-refractivity contribution is 7.89. The molecule has 0 N–H and O–H groups in total. The Hall–Kier alpha value is -1.29. The Morgan fingerprint density at radius 2 is 1.86 bits per heavy atom. The van der Waals surface area contributed by atoms with Crippen LogP contribution in [0, 0.1) is 0 Å². The lowest BCUT2D eigenvalue weighted by molar-refractivity contribution is 0.206. The Kier molecular flexibility index (Phi) is 4.77. The second-order valence-corrected chi connectivity index (χ2v) is 7.39. The molecule has 1 aromatic heterocycles. The van der Waals surface area contributed by atoms with Gasteiger partial charge < -0.3 is 9.64 Å². The number of anilines is 1. The van der Waals surface area contributed by atoms with Crippen molar-refractivity contribution in [1.82, 2.24) is 13.1 Å². The number of rotatable bonds is 6. The fourth-order valence-corrected chi connectivity index (χ4v) is 3.54. The minimum absolute atomic E-state index is 0.181. The van der Waals surface area contributed by atoms with E-state index in [0.717, 1.165) is 17.4 Å². The fourth-order valence-electron chi connectivity index (χ4n) is 1.89. The molecule has 0 unspecified atom stereocenters. The average molecular weight is 330 g/mol. The number of ether oxygens (including phenoxy) is 1. The van der Waals surface area contributed by atoms with E-state index in [2.05, 4.69) is 8.75 Å². The predicted molar refractivity (Wildman–Crippen MR) is 83.4 cm³/mol. The molecule has 0 aliphatic carbocycles. The van der Waals surface area contributed by atoms with Gasteiger partial charge >= 0.3 is 0 Å². The highest BCUT2D eigenvalue weighted by Gasteiger charge is 2.24. The largest absolute Gasteiger partial charge is 0.383 e. The molecule has 7 nitrogen and oxygen atoms in total. The summed E-state index contributed by atoms with van der Waals surface area (Å²) in [5.74, 6) is 0. The zero-order valence-corrected chi connectivity index (χ0v) is 14.0. The van der Waals surface area contributed by atoms with Gasteiger partial charge in [-0.3, -0.25) is 0 Å². The number of fused-ring (bicyclic) bond motifs is 1. The summed E-state index contributed by atoms with van der Waals surface area (Å²) in [4.78, 5) is 2.15. The minimum Gasteiger partial charge on any atom is -0.383 e. The molecule has 0 aliphatic heterocycles. The molecule has 2 aromatic rings. The Morgan fingerprint density at radius 3 is 2.48 bits per heavy atom. The van der Waals surface area contributed by atoms with Gasteiger partial charge in [0.1, 0.15) is 15.9 Å². The van der Waals surface area contributed by atoms with Crippen molar-refractivity contribution in [3.05, 3.63) is 12.1 Å². The van der Waals surface area contributed by atoms with Gasteiger partial charge in [-0.25, -0.2) is 12.7 Å². The van der Waals surface area contributed by atoms with Gasteiger partial charge in [0.25, 0.3) is 0 Å². The van der Waals surface area contributed by atoms with Gasteiger partial charge in [-0.1, -0.05) is 0 Å². The number of methoxy groups -OCH3 is 1. The molecule has 1 aromatic carbocycles. The third kappa shape index (κ3) is 3.00. The summed E-state index contributed by atoms with van der Waals surface area (Å²) in [7, 11) is 3.01. The zero-order valence-electron chi connectivity index (χ0n) is 12.4. The molecule has 0 saturated heterocycles.